The predicted molar refractivity (Wildman–Crippen MR) is 99.2 cm³/mol. The van der Waals surface area contributed by atoms with Gasteiger partial charge in [0.2, 0.25) is 0 Å². The van der Waals surface area contributed by atoms with Gasteiger partial charge in [-0.05, 0) is 48.5 Å². The van der Waals surface area contributed by atoms with Crippen molar-refractivity contribution in [2.24, 2.45) is 0 Å². The van der Waals surface area contributed by atoms with Crippen LogP contribution in [0.1, 0.15) is 0 Å². The molecule has 0 radical (unpaired) electrons. The SMILES string of the molecule is Fc1ccc(-c2ccccn2)c(F)c1.Fc1ccc(-c2ccccn2)c(F)c1.[Ir+3]. The van der Waals surface area contributed by atoms with Crippen molar-refractivity contribution in [3.63, 3.8) is 0 Å². The molecule has 146 valence electrons. The fourth-order valence-electron chi connectivity index (χ4n) is 2.44. The molecule has 0 aliphatic carbocycles. The van der Waals surface area contributed by atoms with Crippen molar-refractivity contribution < 1.29 is 37.7 Å². The zero-order chi connectivity index (χ0) is 19.9. The number of rotatable bonds is 2. The van der Waals surface area contributed by atoms with Crippen LogP contribution in [-0.2, 0) is 20.1 Å². The van der Waals surface area contributed by atoms with E-state index in [1.807, 2.05) is 0 Å². The van der Waals surface area contributed by atoms with Crippen molar-refractivity contribution in [1.29, 1.82) is 0 Å². The van der Waals surface area contributed by atoms with Crippen molar-refractivity contribution >= 4 is 0 Å². The molecule has 7 heteroatoms. The molecule has 29 heavy (non-hydrogen) atoms. The van der Waals surface area contributed by atoms with Crippen LogP contribution in [0.2, 0.25) is 0 Å². The maximum Gasteiger partial charge on any atom is 3.00 e. The first kappa shape index (κ1) is 22.4. The largest absolute Gasteiger partial charge is 3.00 e. The third kappa shape index (κ3) is 6.04. The van der Waals surface area contributed by atoms with Gasteiger partial charge in [0, 0.05) is 35.7 Å². The third-order valence-corrected chi connectivity index (χ3v) is 3.74. The number of nitrogens with zero attached hydrogens (tertiary/aromatic N) is 2. The van der Waals surface area contributed by atoms with E-state index in [0.29, 0.717) is 22.5 Å². The topological polar surface area (TPSA) is 25.8 Å². The first-order chi connectivity index (χ1) is 13.5. The summed E-state index contributed by atoms with van der Waals surface area (Å²) in [5.41, 5.74) is 1.63. The van der Waals surface area contributed by atoms with Crippen LogP contribution in [0.25, 0.3) is 22.5 Å². The molecule has 0 unspecified atom stereocenters. The van der Waals surface area contributed by atoms with Gasteiger partial charge in [-0.15, -0.1) is 0 Å². The molecule has 0 aliphatic rings. The fourth-order valence-corrected chi connectivity index (χ4v) is 2.44. The zero-order valence-corrected chi connectivity index (χ0v) is 17.2. The molecule has 0 amide bonds. The van der Waals surface area contributed by atoms with Gasteiger partial charge in [-0.3, -0.25) is 9.97 Å². The summed E-state index contributed by atoms with van der Waals surface area (Å²) in [6.45, 7) is 0. The minimum Gasteiger partial charge on any atom is -0.256 e. The smallest absolute Gasteiger partial charge is 0.256 e. The molecule has 2 nitrogen and oxygen atoms in total. The molecule has 0 atom stereocenters. The average Bonchev–Trinajstić information content (AvgIpc) is 2.70. The first-order valence-electron chi connectivity index (χ1n) is 8.27. The molecular formula is C22H14F4IrN2+3. The summed E-state index contributed by atoms with van der Waals surface area (Å²) in [6.07, 6.45) is 3.14. The van der Waals surface area contributed by atoms with Crippen molar-refractivity contribution in [3.05, 3.63) is 108 Å². The van der Waals surface area contributed by atoms with Crippen LogP contribution in [0.3, 0.4) is 0 Å². The third-order valence-electron chi connectivity index (χ3n) is 3.74. The second kappa shape index (κ2) is 10.6. The van der Waals surface area contributed by atoms with Gasteiger partial charge in [0.05, 0.1) is 11.4 Å². The Kier molecular flexibility index (Phi) is 8.19. The number of hydrogen-bond acceptors (Lipinski definition) is 2. The predicted octanol–water partition coefficient (Wildman–Crippen LogP) is 6.05. The van der Waals surface area contributed by atoms with Crippen LogP contribution in [-0.4, -0.2) is 9.97 Å². The summed E-state index contributed by atoms with van der Waals surface area (Å²) in [5.74, 6) is -2.35. The van der Waals surface area contributed by atoms with E-state index < -0.39 is 23.3 Å². The van der Waals surface area contributed by atoms with Gasteiger partial charge in [0.1, 0.15) is 23.3 Å². The Bertz CT molecular complexity index is 974. The number of benzene rings is 2. The summed E-state index contributed by atoms with van der Waals surface area (Å²) >= 11 is 0. The summed E-state index contributed by atoms with van der Waals surface area (Å²) in [4.78, 5) is 7.95. The summed E-state index contributed by atoms with van der Waals surface area (Å²) < 4.78 is 51.7. The fraction of sp³-hybridized carbons (Fsp3) is 0. The molecule has 0 bridgehead atoms. The van der Waals surface area contributed by atoms with E-state index in [-0.39, 0.29) is 20.1 Å². The number of aromatic nitrogens is 2. The van der Waals surface area contributed by atoms with E-state index >= 15 is 0 Å². The quantitative estimate of drug-likeness (QED) is 0.273. The molecule has 0 N–H and O–H groups in total. The Morgan fingerprint density at radius 1 is 0.517 bits per heavy atom. The van der Waals surface area contributed by atoms with E-state index in [1.54, 1.807) is 48.8 Å². The van der Waals surface area contributed by atoms with Gasteiger partial charge in [-0.1, -0.05) is 12.1 Å². The Labute approximate surface area is 178 Å². The molecule has 0 saturated carbocycles. The molecular weight excluding hydrogens is 560 g/mol. The van der Waals surface area contributed by atoms with Gasteiger partial charge in [-0.2, -0.15) is 0 Å². The zero-order valence-electron chi connectivity index (χ0n) is 14.8. The van der Waals surface area contributed by atoms with Crippen molar-refractivity contribution in [2.75, 3.05) is 0 Å². The monoisotopic (exact) mass is 575 g/mol. The van der Waals surface area contributed by atoms with E-state index in [2.05, 4.69) is 9.97 Å². The van der Waals surface area contributed by atoms with Crippen LogP contribution >= 0.6 is 0 Å². The van der Waals surface area contributed by atoms with Crippen LogP contribution in [0.5, 0.6) is 0 Å². The molecule has 2 heterocycles. The molecule has 4 aromatic rings. The minimum absolute atomic E-state index is 0. The standard InChI is InChI=1S/2C11H7F2N.Ir/c2*12-8-4-5-9(10(13)7-8)11-3-1-2-6-14-11;/h2*1-7H;/q;;+3. The van der Waals surface area contributed by atoms with Gasteiger partial charge < -0.3 is 0 Å². The molecule has 0 aliphatic heterocycles. The molecule has 2 aromatic heterocycles. The maximum absolute atomic E-state index is 13.3. The van der Waals surface area contributed by atoms with Gasteiger partial charge in [-0.25, -0.2) is 17.6 Å². The van der Waals surface area contributed by atoms with E-state index in [1.165, 1.54) is 24.3 Å². The van der Waals surface area contributed by atoms with Crippen molar-refractivity contribution in [1.82, 2.24) is 9.97 Å². The molecule has 0 saturated heterocycles. The molecule has 0 spiro atoms. The minimum atomic E-state index is -0.594. The van der Waals surface area contributed by atoms with Crippen LogP contribution in [0, 0.1) is 23.3 Å². The van der Waals surface area contributed by atoms with E-state index in [9.17, 15) is 17.6 Å². The van der Waals surface area contributed by atoms with E-state index in [0.717, 1.165) is 12.1 Å². The summed E-state index contributed by atoms with van der Waals surface area (Å²) in [5, 5.41) is 0. The first-order valence-corrected chi connectivity index (χ1v) is 8.27. The Balaban J connectivity index is 0.000000200. The van der Waals surface area contributed by atoms with E-state index in [4.69, 9.17) is 0 Å². The van der Waals surface area contributed by atoms with Crippen LogP contribution in [0.4, 0.5) is 17.6 Å². The Morgan fingerprint density at radius 2 is 0.931 bits per heavy atom. The average molecular weight is 575 g/mol. The molecule has 4 rings (SSSR count). The normalized spacial score (nSPS) is 9.79. The van der Waals surface area contributed by atoms with Gasteiger partial charge in [0.25, 0.3) is 0 Å². The number of hydrogen-bond donors (Lipinski definition) is 0. The summed E-state index contributed by atoms with van der Waals surface area (Å²) in [7, 11) is 0. The molecule has 2 aromatic carbocycles. The maximum atomic E-state index is 13.3. The number of halogens is 4. The Hall–Kier alpha value is -2.89. The van der Waals surface area contributed by atoms with Crippen LogP contribution in [0.15, 0.2) is 85.2 Å². The van der Waals surface area contributed by atoms with Gasteiger partial charge >= 0.3 is 20.1 Å². The molecule has 0 fully saturated rings. The van der Waals surface area contributed by atoms with Gasteiger partial charge in [0.15, 0.2) is 0 Å². The van der Waals surface area contributed by atoms with Crippen molar-refractivity contribution in [3.8, 4) is 22.5 Å². The second-order valence-electron chi connectivity index (χ2n) is 5.68. The van der Waals surface area contributed by atoms with Crippen molar-refractivity contribution in [2.45, 2.75) is 0 Å². The summed E-state index contributed by atoms with van der Waals surface area (Å²) in [6, 6.07) is 17.2. The van der Waals surface area contributed by atoms with Crippen LogP contribution < -0.4 is 0 Å². The number of pyridine rings is 2. The Morgan fingerprint density at radius 3 is 1.24 bits per heavy atom. The second-order valence-corrected chi connectivity index (χ2v) is 5.68.